The summed E-state index contributed by atoms with van der Waals surface area (Å²) in [6.07, 6.45) is -1.17. The van der Waals surface area contributed by atoms with Crippen molar-refractivity contribution in [1.29, 1.82) is 0 Å². The Kier molecular flexibility index (Phi) is 3.65. The van der Waals surface area contributed by atoms with Gasteiger partial charge in [-0.1, -0.05) is 29.8 Å². The number of hydrogen-bond acceptors (Lipinski definition) is 3. The van der Waals surface area contributed by atoms with Gasteiger partial charge in [0.1, 0.15) is 0 Å². The predicted octanol–water partition coefficient (Wildman–Crippen LogP) is 1.59. The van der Waals surface area contributed by atoms with E-state index >= 15 is 0 Å². The molecule has 76 valence electrons. The summed E-state index contributed by atoms with van der Waals surface area (Å²) in [6.45, 7) is 3.93. The molecule has 1 aromatic rings. The van der Waals surface area contributed by atoms with Gasteiger partial charge >= 0.3 is 5.97 Å². The molecule has 0 aliphatic carbocycles. The highest BCUT2D eigenvalue weighted by Crippen LogP contribution is 2.14. The second-order valence-corrected chi connectivity index (χ2v) is 3.07. The van der Waals surface area contributed by atoms with Crippen molar-refractivity contribution in [3.8, 4) is 0 Å². The molecule has 0 aromatic heterocycles. The lowest BCUT2D eigenvalue weighted by molar-refractivity contribution is -0.153. The van der Waals surface area contributed by atoms with Crippen molar-refractivity contribution in [2.45, 2.75) is 20.0 Å². The van der Waals surface area contributed by atoms with Gasteiger partial charge in [-0.3, -0.25) is 0 Å². The quantitative estimate of drug-likeness (QED) is 0.743. The van der Waals surface area contributed by atoms with Crippen LogP contribution in [0.3, 0.4) is 0 Å². The number of esters is 1. The Morgan fingerprint density at radius 3 is 2.50 bits per heavy atom. The zero-order chi connectivity index (χ0) is 10.6. The number of aliphatic hydroxyl groups excluding tert-OH is 1. The van der Waals surface area contributed by atoms with Crippen LogP contribution in [0.25, 0.3) is 0 Å². The maximum absolute atomic E-state index is 11.2. The summed E-state index contributed by atoms with van der Waals surface area (Å²) >= 11 is 0. The normalized spacial score (nSPS) is 12.2. The third kappa shape index (κ3) is 2.57. The minimum atomic E-state index is -1.17. The highest BCUT2D eigenvalue weighted by molar-refractivity contribution is 5.76. The van der Waals surface area contributed by atoms with E-state index in [1.54, 1.807) is 19.1 Å². The van der Waals surface area contributed by atoms with E-state index in [0.717, 1.165) is 5.56 Å². The largest absolute Gasteiger partial charge is 0.464 e. The van der Waals surface area contributed by atoms with Crippen LogP contribution in [0.1, 0.15) is 24.2 Å². The standard InChI is InChI=1S/C11H14O3/c1-3-14-11(13)10(12)9-6-4-8(2)5-7-9/h4-7,10,12H,3H2,1-2H3/t10-/m0/s1. The van der Waals surface area contributed by atoms with Crippen LogP contribution in [0.4, 0.5) is 0 Å². The van der Waals surface area contributed by atoms with E-state index in [0.29, 0.717) is 5.56 Å². The molecule has 0 amide bonds. The number of hydrogen-bond donors (Lipinski definition) is 1. The fraction of sp³-hybridized carbons (Fsp3) is 0.364. The number of carbonyl (C=O) groups is 1. The smallest absolute Gasteiger partial charge is 0.339 e. The van der Waals surface area contributed by atoms with E-state index in [4.69, 9.17) is 4.74 Å². The number of benzene rings is 1. The van der Waals surface area contributed by atoms with E-state index < -0.39 is 12.1 Å². The summed E-state index contributed by atoms with van der Waals surface area (Å²) in [6, 6.07) is 7.13. The van der Waals surface area contributed by atoms with Gasteiger partial charge in [0.25, 0.3) is 0 Å². The van der Waals surface area contributed by atoms with Crippen LogP contribution in [0, 0.1) is 6.92 Å². The lowest BCUT2D eigenvalue weighted by atomic mass is 10.1. The maximum Gasteiger partial charge on any atom is 0.339 e. The SMILES string of the molecule is CCOC(=O)[C@@H](O)c1ccc(C)cc1. The number of aryl methyl sites for hydroxylation is 1. The van der Waals surface area contributed by atoms with Gasteiger partial charge < -0.3 is 9.84 Å². The number of carbonyl (C=O) groups excluding carboxylic acids is 1. The minimum absolute atomic E-state index is 0.280. The van der Waals surface area contributed by atoms with Crippen LogP contribution in [0.5, 0.6) is 0 Å². The van der Waals surface area contributed by atoms with E-state index in [1.165, 1.54) is 0 Å². The Morgan fingerprint density at radius 2 is 2.00 bits per heavy atom. The highest BCUT2D eigenvalue weighted by Gasteiger charge is 2.17. The Morgan fingerprint density at radius 1 is 1.43 bits per heavy atom. The Hall–Kier alpha value is -1.35. The number of aliphatic hydroxyl groups is 1. The first kappa shape index (κ1) is 10.7. The molecule has 0 bridgehead atoms. The monoisotopic (exact) mass is 194 g/mol. The third-order valence-corrected chi connectivity index (χ3v) is 1.90. The molecule has 0 saturated carbocycles. The van der Waals surface area contributed by atoms with Gasteiger partial charge in [0.15, 0.2) is 6.10 Å². The van der Waals surface area contributed by atoms with Gasteiger partial charge in [-0.15, -0.1) is 0 Å². The molecule has 3 heteroatoms. The van der Waals surface area contributed by atoms with Crippen LogP contribution in [0.2, 0.25) is 0 Å². The second kappa shape index (κ2) is 4.77. The number of rotatable bonds is 3. The van der Waals surface area contributed by atoms with Crippen molar-refractivity contribution in [3.05, 3.63) is 35.4 Å². The summed E-state index contributed by atoms with van der Waals surface area (Å²) in [7, 11) is 0. The molecule has 14 heavy (non-hydrogen) atoms. The second-order valence-electron chi connectivity index (χ2n) is 3.07. The van der Waals surface area contributed by atoms with Gasteiger partial charge in [0.2, 0.25) is 0 Å². The summed E-state index contributed by atoms with van der Waals surface area (Å²) in [5, 5.41) is 9.54. The van der Waals surface area contributed by atoms with Crippen molar-refractivity contribution in [2.24, 2.45) is 0 Å². The van der Waals surface area contributed by atoms with Gasteiger partial charge in [-0.25, -0.2) is 4.79 Å². The van der Waals surface area contributed by atoms with E-state index in [1.807, 2.05) is 19.1 Å². The molecule has 1 N–H and O–H groups in total. The Bertz CT molecular complexity index is 303. The van der Waals surface area contributed by atoms with E-state index in [-0.39, 0.29) is 6.61 Å². The summed E-state index contributed by atoms with van der Waals surface area (Å²) in [5.41, 5.74) is 1.65. The zero-order valence-electron chi connectivity index (χ0n) is 8.36. The fourth-order valence-electron chi connectivity index (χ4n) is 1.11. The summed E-state index contributed by atoms with van der Waals surface area (Å²) < 4.78 is 4.70. The predicted molar refractivity (Wildman–Crippen MR) is 52.8 cm³/mol. The molecule has 1 atom stereocenters. The van der Waals surface area contributed by atoms with Crippen molar-refractivity contribution in [2.75, 3.05) is 6.61 Å². The first-order valence-electron chi connectivity index (χ1n) is 4.56. The van der Waals surface area contributed by atoms with Crippen LogP contribution in [-0.4, -0.2) is 17.7 Å². The van der Waals surface area contributed by atoms with E-state index in [2.05, 4.69) is 0 Å². The molecule has 0 heterocycles. The van der Waals surface area contributed by atoms with Crippen molar-refractivity contribution in [3.63, 3.8) is 0 Å². The molecule has 1 rings (SSSR count). The molecule has 0 fully saturated rings. The molecule has 0 radical (unpaired) electrons. The first-order valence-corrected chi connectivity index (χ1v) is 4.56. The minimum Gasteiger partial charge on any atom is -0.464 e. The third-order valence-electron chi connectivity index (χ3n) is 1.90. The topological polar surface area (TPSA) is 46.5 Å². The fourth-order valence-corrected chi connectivity index (χ4v) is 1.11. The molecule has 0 unspecified atom stereocenters. The van der Waals surface area contributed by atoms with Crippen LogP contribution >= 0.6 is 0 Å². The lowest BCUT2D eigenvalue weighted by Crippen LogP contribution is -2.15. The molecule has 3 nitrogen and oxygen atoms in total. The molecule has 0 aliphatic heterocycles. The van der Waals surface area contributed by atoms with Gasteiger partial charge in [0.05, 0.1) is 6.61 Å². The summed E-state index contributed by atoms with van der Waals surface area (Å²) in [4.78, 5) is 11.2. The molecular formula is C11H14O3. The van der Waals surface area contributed by atoms with Crippen LogP contribution in [-0.2, 0) is 9.53 Å². The zero-order valence-corrected chi connectivity index (χ0v) is 8.36. The van der Waals surface area contributed by atoms with Gasteiger partial charge in [0, 0.05) is 0 Å². The van der Waals surface area contributed by atoms with E-state index in [9.17, 15) is 9.90 Å². The molecule has 0 aliphatic rings. The molecule has 0 saturated heterocycles. The van der Waals surface area contributed by atoms with Crippen LogP contribution in [0.15, 0.2) is 24.3 Å². The van der Waals surface area contributed by atoms with Crippen LogP contribution < -0.4 is 0 Å². The number of ether oxygens (including phenoxy) is 1. The highest BCUT2D eigenvalue weighted by atomic mass is 16.5. The van der Waals surface area contributed by atoms with Gasteiger partial charge in [-0.2, -0.15) is 0 Å². The average molecular weight is 194 g/mol. The van der Waals surface area contributed by atoms with Crippen molar-refractivity contribution < 1.29 is 14.6 Å². The maximum atomic E-state index is 11.2. The molecule has 1 aromatic carbocycles. The van der Waals surface area contributed by atoms with Crippen molar-refractivity contribution in [1.82, 2.24) is 0 Å². The molecule has 0 spiro atoms. The Balaban J connectivity index is 2.73. The van der Waals surface area contributed by atoms with Crippen molar-refractivity contribution >= 4 is 5.97 Å². The molecular weight excluding hydrogens is 180 g/mol. The first-order chi connectivity index (χ1) is 6.65. The average Bonchev–Trinajstić information content (AvgIpc) is 2.18. The van der Waals surface area contributed by atoms with Gasteiger partial charge in [-0.05, 0) is 19.4 Å². The Labute approximate surface area is 83.3 Å². The lowest BCUT2D eigenvalue weighted by Gasteiger charge is -2.09. The summed E-state index contributed by atoms with van der Waals surface area (Å²) in [5.74, 6) is -0.601.